The van der Waals surface area contributed by atoms with Crippen LogP contribution in [0.5, 0.6) is 0 Å². The fourth-order valence-electron chi connectivity index (χ4n) is 3.34. The molecule has 1 aromatic rings. The number of nitrogens with one attached hydrogen (secondary N) is 1. The van der Waals surface area contributed by atoms with Crippen LogP contribution in [0.15, 0.2) is 24.3 Å². The quantitative estimate of drug-likeness (QED) is 0.753. The van der Waals surface area contributed by atoms with Crippen molar-refractivity contribution in [3.8, 4) is 0 Å². The van der Waals surface area contributed by atoms with Gasteiger partial charge in [-0.15, -0.1) is 0 Å². The number of anilines is 1. The molecule has 1 aromatic carbocycles. The minimum absolute atomic E-state index is 0.0632. The van der Waals surface area contributed by atoms with Gasteiger partial charge in [-0.2, -0.15) is 13.2 Å². The molecule has 27 heavy (non-hydrogen) atoms. The standard InChI is InChI=1S/C19H26F3N3OS/c1-4-13(2)25(17-8-10-24(11-9-17)14(3)26)18(27)23-16-7-5-6-15(12-16)19(20,21)22/h5-7,12-13,17H,4,8-11H2,1-3H3,(H,23,27). The Morgan fingerprint density at radius 3 is 2.52 bits per heavy atom. The van der Waals surface area contributed by atoms with E-state index in [9.17, 15) is 18.0 Å². The lowest BCUT2D eigenvalue weighted by Gasteiger charge is -2.42. The number of alkyl halides is 3. The van der Waals surface area contributed by atoms with Crippen LogP contribution < -0.4 is 5.32 Å². The van der Waals surface area contributed by atoms with Gasteiger partial charge >= 0.3 is 6.18 Å². The average Bonchev–Trinajstić information content (AvgIpc) is 2.61. The molecule has 0 spiro atoms. The number of thiocarbonyl (C=S) groups is 1. The first-order valence-corrected chi connectivity index (χ1v) is 9.56. The van der Waals surface area contributed by atoms with Crippen molar-refractivity contribution in [1.29, 1.82) is 0 Å². The molecule has 4 nitrogen and oxygen atoms in total. The highest BCUT2D eigenvalue weighted by atomic mass is 32.1. The Hall–Kier alpha value is -1.83. The van der Waals surface area contributed by atoms with Crippen molar-refractivity contribution in [1.82, 2.24) is 9.80 Å². The highest BCUT2D eigenvalue weighted by Gasteiger charge is 2.32. The molecule has 1 amide bonds. The predicted molar refractivity (Wildman–Crippen MR) is 105 cm³/mol. The summed E-state index contributed by atoms with van der Waals surface area (Å²) in [7, 11) is 0. The lowest BCUT2D eigenvalue weighted by molar-refractivity contribution is -0.137. The summed E-state index contributed by atoms with van der Waals surface area (Å²) in [5.41, 5.74) is -0.385. The van der Waals surface area contributed by atoms with Crippen molar-refractivity contribution in [2.75, 3.05) is 18.4 Å². The van der Waals surface area contributed by atoms with Crippen LogP contribution in [0.3, 0.4) is 0 Å². The van der Waals surface area contributed by atoms with Crippen LogP contribution in [0.4, 0.5) is 18.9 Å². The summed E-state index contributed by atoms with van der Waals surface area (Å²) in [5.74, 6) is 0.0632. The Bertz CT molecular complexity index is 672. The molecule has 2 rings (SSSR count). The summed E-state index contributed by atoms with van der Waals surface area (Å²) in [6.07, 6.45) is -1.96. The number of nitrogens with zero attached hydrogens (tertiary/aromatic N) is 2. The van der Waals surface area contributed by atoms with Gasteiger partial charge in [-0.25, -0.2) is 0 Å². The molecule has 8 heteroatoms. The third kappa shape index (κ3) is 5.57. The van der Waals surface area contributed by atoms with E-state index >= 15 is 0 Å². The summed E-state index contributed by atoms with van der Waals surface area (Å²) in [4.78, 5) is 15.4. The van der Waals surface area contributed by atoms with Gasteiger partial charge in [0.1, 0.15) is 0 Å². The second-order valence-electron chi connectivity index (χ2n) is 6.91. The minimum atomic E-state index is -4.39. The minimum Gasteiger partial charge on any atom is -0.343 e. The van der Waals surface area contributed by atoms with Crippen LogP contribution in [0.1, 0.15) is 45.6 Å². The van der Waals surface area contributed by atoms with Crippen molar-refractivity contribution in [2.45, 2.75) is 58.3 Å². The second kappa shape index (κ2) is 8.91. The summed E-state index contributed by atoms with van der Waals surface area (Å²) in [6, 6.07) is 5.35. The molecule has 1 saturated heterocycles. The average molecular weight is 401 g/mol. The zero-order valence-corrected chi connectivity index (χ0v) is 16.7. The molecule has 1 aliphatic rings. The highest BCUT2D eigenvalue weighted by molar-refractivity contribution is 7.80. The van der Waals surface area contributed by atoms with Gasteiger partial charge in [-0.05, 0) is 56.6 Å². The fraction of sp³-hybridized carbons (Fsp3) is 0.579. The predicted octanol–water partition coefficient (Wildman–Crippen LogP) is 4.51. The normalized spacial score (nSPS) is 16.7. The topological polar surface area (TPSA) is 35.6 Å². The van der Waals surface area contributed by atoms with E-state index in [2.05, 4.69) is 24.1 Å². The van der Waals surface area contributed by atoms with E-state index in [4.69, 9.17) is 12.2 Å². The number of piperidine rings is 1. The highest BCUT2D eigenvalue weighted by Crippen LogP contribution is 2.31. The maximum absolute atomic E-state index is 12.9. The molecule has 1 fully saturated rings. The van der Waals surface area contributed by atoms with Crippen molar-refractivity contribution in [3.63, 3.8) is 0 Å². The van der Waals surface area contributed by atoms with Gasteiger partial charge in [0.15, 0.2) is 5.11 Å². The largest absolute Gasteiger partial charge is 0.416 e. The van der Waals surface area contributed by atoms with Crippen LogP contribution in [0.2, 0.25) is 0 Å². The van der Waals surface area contributed by atoms with Gasteiger partial charge in [-0.3, -0.25) is 4.79 Å². The third-order valence-corrected chi connectivity index (χ3v) is 5.36. The Morgan fingerprint density at radius 1 is 1.37 bits per heavy atom. The number of rotatable bonds is 4. The van der Waals surface area contributed by atoms with Crippen molar-refractivity contribution in [2.24, 2.45) is 0 Å². The van der Waals surface area contributed by atoms with Crippen LogP contribution in [-0.4, -0.2) is 46.0 Å². The van der Waals surface area contributed by atoms with Gasteiger partial charge < -0.3 is 15.1 Å². The van der Waals surface area contributed by atoms with Gasteiger partial charge in [0.05, 0.1) is 5.56 Å². The van der Waals surface area contributed by atoms with Crippen LogP contribution in [0.25, 0.3) is 0 Å². The summed E-state index contributed by atoms with van der Waals surface area (Å²) >= 11 is 5.55. The second-order valence-corrected chi connectivity index (χ2v) is 7.30. The van der Waals surface area contributed by atoms with Crippen molar-refractivity contribution in [3.05, 3.63) is 29.8 Å². The first-order valence-electron chi connectivity index (χ1n) is 9.15. The number of benzene rings is 1. The molecule has 1 unspecified atom stereocenters. The molecule has 1 heterocycles. The lowest BCUT2D eigenvalue weighted by Crippen LogP contribution is -2.52. The Balaban J connectivity index is 2.13. The van der Waals surface area contributed by atoms with Gasteiger partial charge in [0.2, 0.25) is 5.91 Å². The molecule has 0 aliphatic carbocycles. The van der Waals surface area contributed by atoms with E-state index < -0.39 is 11.7 Å². The van der Waals surface area contributed by atoms with Gasteiger partial charge in [0, 0.05) is 37.8 Å². The Kier molecular flexibility index (Phi) is 7.08. The SMILES string of the molecule is CCC(C)N(C(=S)Nc1cccc(C(F)(F)F)c1)C1CCN(C(C)=O)CC1. The number of likely N-dealkylation sites (tertiary alicyclic amines) is 1. The number of carbonyl (C=O) groups is 1. The summed E-state index contributed by atoms with van der Waals surface area (Å²) in [6.45, 7) is 7.00. The zero-order valence-electron chi connectivity index (χ0n) is 15.8. The van der Waals surface area contributed by atoms with E-state index in [0.29, 0.717) is 23.9 Å². The lowest BCUT2D eigenvalue weighted by atomic mass is 10.0. The fourth-order valence-corrected chi connectivity index (χ4v) is 3.79. The maximum Gasteiger partial charge on any atom is 0.416 e. The third-order valence-electron chi connectivity index (χ3n) is 5.04. The number of amides is 1. The first kappa shape index (κ1) is 21.5. The molecule has 0 radical (unpaired) electrons. The molecule has 150 valence electrons. The summed E-state index contributed by atoms with van der Waals surface area (Å²) in [5, 5.41) is 3.40. The van der Waals surface area contributed by atoms with Crippen LogP contribution in [-0.2, 0) is 11.0 Å². The molecular weight excluding hydrogens is 375 g/mol. The van der Waals surface area contributed by atoms with E-state index in [1.165, 1.54) is 6.07 Å². The number of hydrogen-bond acceptors (Lipinski definition) is 2. The van der Waals surface area contributed by atoms with E-state index in [1.807, 2.05) is 4.90 Å². The van der Waals surface area contributed by atoms with Crippen molar-refractivity contribution >= 4 is 28.9 Å². The van der Waals surface area contributed by atoms with E-state index in [0.717, 1.165) is 31.4 Å². The number of hydrogen-bond donors (Lipinski definition) is 1. The molecule has 1 atom stereocenters. The van der Waals surface area contributed by atoms with E-state index in [-0.39, 0.29) is 18.0 Å². The molecule has 0 saturated carbocycles. The number of carbonyl (C=O) groups excluding carboxylic acids is 1. The Labute approximate surface area is 163 Å². The van der Waals surface area contributed by atoms with Crippen LogP contribution in [0, 0.1) is 0 Å². The van der Waals surface area contributed by atoms with Gasteiger partial charge in [-0.1, -0.05) is 13.0 Å². The molecular formula is C19H26F3N3OS. The van der Waals surface area contributed by atoms with Crippen LogP contribution >= 0.6 is 12.2 Å². The Morgan fingerprint density at radius 2 is 2.00 bits per heavy atom. The summed E-state index contributed by atoms with van der Waals surface area (Å²) < 4.78 is 38.8. The molecule has 0 aromatic heterocycles. The van der Waals surface area contributed by atoms with E-state index in [1.54, 1.807) is 13.0 Å². The molecule has 1 aliphatic heterocycles. The smallest absolute Gasteiger partial charge is 0.343 e. The van der Waals surface area contributed by atoms with Gasteiger partial charge in [0.25, 0.3) is 0 Å². The zero-order chi connectivity index (χ0) is 20.2. The maximum atomic E-state index is 12.9. The monoisotopic (exact) mass is 401 g/mol. The molecule has 0 bridgehead atoms. The van der Waals surface area contributed by atoms with Crippen molar-refractivity contribution < 1.29 is 18.0 Å². The number of halogens is 3. The molecule has 1 N–H and O–H groups in total. The first-order chi connectivity index (χ1) is 12.6.